The molecule has 1 saturated heterocycles. The van der Waals surface area contributed by atoms with Crippen LogP contribution in [0.2, 0.25) is 0 Å². The van der Waals surface area contributed by atoms with Crippen molar-refractivity contribution in [1.29, 1.82) is 0 Å². The van der Waals surface area contributed by atoms with Crippen molar-refractivity contribution in [3.8, 4) is 0 Å². The minimum Gasteiger partial charge on any atom is -0.467 e. The molecule has 0 amide bonds. The Bertz CT molecular complexity index is 392. The van der Waals surface area contributed by atoms with E-state index < -0.39 is 36.4 Å². The first kappa shape index (κ1) is 16.4. The molecule has 5 atom stereocenters. The highest BCUT2D eigenvalue weighted by Gasteiger charge is 2.48. The van der Waals surface area contributed by atoms with E-state index in [0.717, 1.165) is 0 Å². The first-order valence-corrected chi connectivity index (χ1v) is 6.35. The molecule has 0 unspecified atom stereocenters. The van der Waals surface area contributed by atoms with Crippen LogP contribution in [0.3, 0.4) is 0 Å². The predicted octanol–water partition coefficient (Wildman–Crippen LogP) is 0.651. The quantitative estimate of drug-likeness (QED) is 0.556. The van der Waals surface area contributed by atoms with Gasteiger partial charge >= 0.3 is 17.9 Å². The van der Waals surface area contributed by atoms with Crippen molar-refractivity contribution < 1.29 is 33.3 Å². The molecule has 0 spiro atoms. The second-order valence-electron chi connectivity index (χ2n) is 4.85. The minimum atomic E-state index is -1.11. The van der Waals surface area contributed by atoms with Crippen LogP contribution in [-0.2, 0) is 33.3 Å². The van der Waals surface area contributed by atoms with Crippen LogP contribution in [0.25, 0.3) is 0 Å². The van der Waals surface area contributed by atoms with Crippen LogP contribution < -0.4 is 0 Å². The van der Waals surface area contributed by atoms with Gasteiger partial charge in [-0.05, 0) is 0 Å². The fourth-order valence-electron chi connectivity index (χ4n) is 2.13. The number of hydrogen-bond acceptors (Lipinski definition) is 7. The summed E-state index contributed by atoms with van der Waals surface area (Å²) in [4.78, 5) is 34.0. The monoisotopic (exact) mass is 288 g/mol. The van der Waals surface area contributed by atoms with E-state index in [1.807, 2.05) is 0 Å². The van der Waals surface area contributed by atoms with Gasteiger partial charge in [-0.15, -0.1) is 0 Å². The van der Waals surface area contributed by atoms with Crippen LogP contribution in [-0.4, -0.2) is 43.5 Å². The van der Waals surface area contributed by atoms with E-state index in [4.69, 9.17) is 14.2 Å². The zero-order valence-corrected chi connectivity index (χ0v) is 12.2. The highest BCUT2D eigenvalue weighted by Crippen LogP contribution is 2.33. The Labute approximate surface area is 117 Å². The molecule has 1 rings (SSSR count). The summed E-state index contributed by atoms with van der Waals surface area (Å²) in [7, 11) is 1.21. The van der Waals surface area contributed by atoms with E-state index in [1.54, 1.807) is 13.8 Å². The molecule has 0 aromatic carbocycles. The summed E-state index contributed by atoms with van der Waals surface area (Å²) in [5, 5.41) is 0. The molecule has 0 aromatic rings. The van der Waals surface area contributed by atoms with Gasteiger partial charge in [-0.2, -0.15) is 0 Å². The van der Waals surface area contributed by atoms with Crippen LogP contribution in [0.1, 0.15) is 27.7 Å². The molecule has 7 heteroatoms. The molecule has 0 saturated carbocycles. The number of methoxy groups -OCH3 is 1. The number of ether oxygens (including phenoxy) is 4. The molecule has 0 bridgehead atoms. The molecule has 0 N–H and O–H groups in total. The maximum absolute atomic E-state index is 11.8. The molecule has 1 fully saturated rings. The molecule has 1 aliphatic heterocycles. The van der Waals surface area contributed by atoms with Gasteiger partial charge in [0.2, 0.25) is 6.29 Å². The molecular formula is C13H20O7. The smallest absolute Gasteiger partial charge is 0.339 e. The van der Waals surface area contributed by atoms with Crippen molar-refractivity contribution >= 4 is 17.9 Å². The Morgan fingerprint density at radius 1 is 0.950 bits per heavy atom. The fraction of sp³-hybridized carbons (Fsp3) is 0.769. The third-order valence-electron chi connectivity index (χ3n) is 3.37. The van der Waals surface area contributed by atoms with E-state index in [9.17, 15) is 14.4 Å². The maximum Gasteiger partial charge on any atom is 0.339 e. The number of carbonyl (C=O) groups is 3. The topological polar surface area (TPSA) is 88.1 Å². The first-order chi connectivity index (χ1) is 9.27. The Hall–Kier alpha value is -1.63. The van der Waals surface area contributed by atoms with Crippen molar-refractivity contribution in [3.05, 3.63) is 0 Å². The highest BCUT2D eigenvalue weighted by molar-refractivity contribution is 5.76. The lowest BCUT2D eigenvalue weighted by molar-refractivity contribution is -0.260. The van der Waals surface area contributed by atoms with Gasteiger partial charge in [0.1, 0.15) is 6.10 Å². The van der Waals surface area contributed by atoms with Gasteiger partial charge < -0.3 is 18.9 Å². The van der Waals surface area contributed by atoms with Gasteiger partial charge in [-0.1, -0.05) is 13.8 Å². The van der Waals surface area contributed by atoms with E-state index >= 15 is 0 Å². The van der Waals surface area contributed by atoms with Gasteiger partial charge in [0.25, 0.3) is 0 Å². The number of rotatable bonds is 3. The Balaban J connectivity index is 2.97. The van der Waals surface area contributed by atoms with Gasteiger partial charge in [-0.3, -0.25) is 9.59 Å². The van der Waals surface area contributed by atoms with Crippen LogP contribution >= 0.6 is 0 Å². The summed E-state index contributed by atoms with van der Waals surface area (Å²) in [5.41, 5.74) is 0. The average molecular weight is 288 g/mol. The van der Waals surface area contributed by atoms with Crippen molar-refractivity contribution in [2.45, 2.75) is 46.2 Å². The van der Waals surface area contributed by atoms with Gasteiger partial charge in [0.05, 0.1) is 7.11 Å². The Kier molecular flexibility index (Phi) is 5.50. The van der Waals surface area contributed by atoms with Crippen molar-refractivity contribution in [1.82, 2.24) is 0 Å². The summed E-state index contributed by atoms with van der Waals surface area (Å²) in [6.45, 7) is 6.10. The predicted molar refractivity (Wildman–Crippen MR) is 66.3 cm³/mol. The van der Waals surface area contributed by atoms with Crippen LogP contribution in [0.4, 0.5) is 0 Å². The largest absolute Gasteiger partial charge is 0.467 e. The van der Waals surface area contributed by atoms with Crippen LogP contribution in [0, 0.1) is 11.8 Å². The van der Waals surface area contributed by atoms with E-state index in [2.05, 4.69) is 4.74 Å². The Morgan fingerprint density at radius 3 is 1.95 bits per heavy atom. The van der Waals surface area contributed by atoms with Crippen molar-refractivity contribution in [3.63, 3.8) is 0 Å². The fourth-order valence-corrected chi connectivity index (χ4v) is 2.13. The summed E-state index contributed by atoms with van der Waals surface area (Å²) in [6.07, 6.45) is -2.76. The lowest BCUT2D eigenvalue weighted by atomic mass is 9.84. The average Bonchev–Trinajstić information content (AvgIpc) is 2.36. The zero-order valence-electron chi connectivity index (χ0n) is 12.2. The molecule has 0 aliphatic carbocycles. The Morgan fingerprint density at radius 2 is 1.50 bits per heavy atom. The molecule has 1 heterocycles. The molecule has 7 nitrogen and oxygen atoms in total. The molecule has 0 radical (unpaired) electrons. The molecule has 20 heavy (non-hydrogen) atoms. The van der Waals surface area contributed by atoms with Gasteiger partial charge in [0, 0.05) is 25.7 Å². The van der Waals surface area contributed by atoms with Crippen molar-refractivity contribution in [2.24, 2.45) is 11.8 Å². The highest BCUT2D eigenvalue weighted by atomic mass is 16.7. The standard InChI is InChI=1S/C13H20O7/c1-6-7(2)13(19-9(4)15)20-11(12(16)17-5)10(6)18-8(3)14/h6-7,10-11,13H,1-5H3/t6-,7-,10+,11+,13-/m1/s1. The van der Waals surface area contributed by atoms with Crippen molar-refractivity contribution in [2.75, 3.05) is 7.11 Å². The first-order valence-electron chi connectivity index (χ1n) is 6.35. The van der Waals surface area contributed by atoms with Gasteiger partial charge in [-0.25, -0.2) is 4.79 Å². The lowest BCUT2D eigenvalue weighted by Crippen LogP contribution is -2.55. The normalized spacial score (nSPS) is 33.1. The summed E-state index contributed by atoms with van der Waals surface area (Å²) in [5.74, 6) is -2.17. The molecule has 114 valence electrons. The molecule has 1 aliphatic rings. The minimum absolute atomic E-state index is 0.232. The van der Waals surface area contributed by atoms with Crippen LogP contribution in [0.5, 0.6) is 0 Å². The second kappa shape index (κ2) is 6.69. The molecule has 0 aromatic heterocycles. The summed E-state index contributed by atoms with van der Waals surface area (Å²) >= 11 is 0. The number of carbonyl (C=O) groups excluding carboxylic acids is 3. The zero-order chi connectivity index (χ0) is 15.4. The van der Waals surface area contributed by atoms with E-state index in [0.29, 0.717) is 0 Å². The third kappa shape index (κ3) is 3.69. The SMILES string of the molecule is COC(=O)[C@H]1O[C@@H](OC(C)=O)[C@H](C)[C@@H](C)[C@@H]1OC(C)=O. The van der Waals surface area contributed by atoms with E-state index in [1.165, 1.54) is 21.0 Å². The molecular weight excluding hydrogens is 268 g/mol. The number of esters is 3. The van der Waals surface area contributed by atoms with Gasteiger partial charge in [0.15, 0.2) is 6.10 Å². The summed E-state index contributed by atoms with van der Waals surface area (Å²) < 4.78 is 20.3. The second-order valence-corrected chi connectivity index (χ2v) is 4.85. The summed E-state index contributed by atoms with van der Waals surface area (Å²) in [6, 6.07) is 0. The van der Waals surface area contributed by atoms with Crippen LogP contribution in [0.15, 0.2) is 0 Å². The lowest BCUT2D eigenvalue weighted by Gasteiger charge is -2.41. The van der Waals surface area contributed by atoms with E-state index in [-0.39, 0.29) is 11.8 Å². The number of hydrogen-bond donors (Lipinski definition) is 0. The third-order valence-corrected chi connectivity index (χ3v) is 3.37. The maximum atomic E-state index is 11.8.